The number of nitro groups is 1. The second-order valence-corrected chi connectivity index (χ2v) is 5.64. The van der Waals surface area contributed by atoms with E-state index in [1.165, 1.54) is 18.2 Å². The summed E-state index contributed by atoms with van der Waals surface area (Å²) in [6.07, 6.45) is 0. The number of halogens is 1. The monoisotopic (exact) mass is 374 g/mol. The number of nitrogens with zero attached hydrogens (tertiary/aromatic N) is 2. The predicted molar refractivity (Wildman–Crippen MR) is 92.6 cm³/mol. The fraction of sp³-hybridized carbons (Fsp3) is 0.118. The van der Waals surface area contributed by atoms with Gasteiger partial charge in [0, 0.05) is 18.2 Å². The SMILES string of the molecule is Cc1ccc(OC(=O)c2cc3cc(CCl)ccc3oc2=O)c([N+](=O)[O-])n1. The van der Waals surface area contributed by atoms with Crippen molar-refractivity contribution < 1.29 is 18.9 Å². The Morgan fingerprint density at radius 2 is 2.08 bits per heavy atom. The number of carbonyl (C=O) groups excluding carboxylic acids is 1. The van der Waals surface area contributed by atoms with Gasteiger partial charge in [0.15, 0.2) is 0 Å². The van der Waals surface area contributed by atoms with Gasteiger partial charge in [0.2, 0.25) is 5.75 Å². The maximum Gasteiger partial charge on any atom is 0.407 e. The Bertz CT molecular complexity index is 1090. The Hall–Kier alpha value is -3.26. The topological polar surface area (TPSA) is 113 Å². The number of esters is 1. The number of aromatic nitrogens is 1. The molecule has 0 aliphatic carbocycles. The highest BCUT2D eigenvalue weighted by atomic mass is 35.5. The summed E-state index contributed by atoms with van der Waals surface area (Å²) in [4.78, 5) is 38.4. The van der Waals surface area contributed by atoms with Crippen LogP contribution in [-0.2, 0) is 5.88 Å². The number of aryl methyl sites for hydroxylation is 1. The number of alkyl halides is 1. The van der Waals surface area contributed by atoms with Crippen LogP contribution in [0.1, 0.15) is 21.6 Å². The average Bonchev–Trinajstić information content (AvgIpc) is 2.61. The van der Waals surface area contributed by atoms with E-state index in [-0.39, 0.29) is 22.8 Å². The predicted octanol–water partition coefficient (Wildman–Crippen LogP) is 3.36. The smallest absolute Gasteiger partial charge is 0.407 e. The number of rotatable bonds is 4. The van der Waals surface area contributed by atoms with Crippen molar-refractivity contribution in [1.29, 1.82) is 0 Å². The minimum absolute atomic E-state index is 0.246. The zero-order valence-corrected chi connectivity index (χ0v) is 14.1. The first kappa shape index (κ1) is 17.6. The van der Waals surface area contributed by atoms with Crippen molar-refractivity contribution in [3.8, 4) is 5.75 Å². The van der Waals surface area contributed by atoms with Crippen LogP contribution in [0.5, 0.6) is 5.75 Å². The van der Waals surface area contributed by atoms with Gasteiger partial charge in [-0.15, -0.1) is 11.6 Å². The largest absolute Gasteiger partial charge is 0.422 e. The van der Waals surface area contributed by atoms with Crippen molar-refractivity contribution in [2.75, 3.05) is 0 Å². The van der Waals surface area contributed by atoms with E-state index in [2.05, 4.69) is 4.98 Å². The fourth-order valence-corrected chi connectivity index (χ4v) is 2.46. The second-order valence-electron chi connectivity index (χ2n) is 5.37. The molecule has 2 heterocycles. The van der Waals surface area contributed by atoms with Crippen molar-refractivity contribution >= 4 is 34.4 Å². The Balaban J connectivity index is 2.01. The van der Waals surface area contributed by atoms with Gasteiger partial charge in [0.25, 0.3) is 0 Å². The molecule has 0 saturated heterocycles. The molecule has 132 valence electrons. The average molecular weight is 375 g/mol. The Kier molecular flexibility index (Phi) is 4.68. The van der Waals surface area contributed by atoms with Crippen molar-refractivity contribution in [2.24, 2.45) is 0 Å². The lowest BCUT2D eigenvalue weighted by Gasteiger charge is -2.05. The molecule has 0 aliphatic rings. The molecule has 0 amide bonds. The van der Waals surface area contributed by atoms with Gasteiger partial charge in [0.1, 0.15) is 16.8 Å². The van der Waals surface area contributed by atoms with Gasteiger partial charge in [-0.2, -0.15) is 0 Å². The standard InChI is InChI=1S/C17H11ClN2O6/c1-9-2-4-14(15(19-9)20(23)24)26-17(22)12-7-11-6-10(8-18)3-5-13(11)25-16(12)21/h2-7H,8H2,1H3. The zero-order chi connectivity index (χ0) is 18.8. The molecule has 0 unspecified atom stereocenters. The van der Waals surface area contributed by atoms with Crippen LogP contribution in [-0.4, -0.2) is 15.9 Å². The summed E-state index contributed by atoms with van der Waals surface area (Å²) in [5, 5.41) is 11.5. The molecule has 9 heteroatoms. The first-order valence-electron chi connectivity index (χ1n) is 7.36. The molecule has 3 rings (SSSR count). The molecular formula is C17H11ClN2O6. The van der Waals surface area contributed by atoms with Gasteiger partial charge in [-0.05, 0) is 45.8 Å². The van der Waals surface area contributed by atoms with Crippen molar-refractivity contribution in [3.05, 3.63) is 73.8 Å². The molecule has 2 aromatic heterocycles. The third-order valence-corrected chi connectivity index (χ3v) is 3.83. The van der Waals surface area contributed by atoms with E-state index in [9.17, 15) is 19.7 Å². The number of fused-ring (bicyclic) bond motifs is 1. The van der Waals surface area contributed by atoms with E-state index >= 15 is 0 Å². The van der Waals surface area contributed by atoms with Crippen LogP contribution in [0.3, 0.4) is 0 Å². The molecule has 8 nitrogen and oxygen atoms in total. The number of hydrogen-bond acceptors (Lipinski definition) is 7. The number of carbonyl (C=O) groups is 1. The minimum atomic E-state index is -1.08. The van der Waals surface area contributed by atoms with Gasteiger partial charge in [-0.1, -0.05) is 6.07 Å². The first-order valence-corrected chi connectivity index (χ1v) is 7.89. The molecule has 26 heavy (non-hydrogen) atoms. The van der Waals surface area contributed by atoms with Gasteiger partial charge >= 0.3 is 17.4 Å². The van der Waals surface area contributed by atoms with Crippen molar-refractivity contribution in [2.45, 2.75) is 12.8 Å². The second kappa shape index (κ2) is 6.93. The van der Waals surface area contributed by atoms with Crippen LogP contribution in [0.15, 0.2) is 45.6 Å². The molecule has 0 saturated carbocycles. The number of hydrogen-bond donors (Lipinski definition) is 0. The fourth-order valence-electron chi connectivity index (χ4n) is 2.29. The highest BCUT2D eigenvalue weighted by Crippen LogP contribution is 2.25. The van der Waals surface area contributed by atoms with Crippen LogP contribution in [0.25, 0.3) is 11.0 Å². The van der Waals surface area contributed by atoms with E-state index < -0.39 is 22.3 Å². The van der Waals surface area contributed by atoms with Gasteiger partial charge in [0.05, 0.1) is 0 Å². The molecule has 0 radical (unpaired) electrons. The van der Waals surface area contributed by atoms with Crippen LogP contribution in [0, 0.1) is 17.0 Å². The summed E-state index contributed by atoms with van der Waals surface area (Å²) in [6, 6.07) is 8.92. The summed E-state index contributed by atoms with van der Waals surface area (Å²) in [6.45, 7) is 1.56. The summed E-state index contributed by atoms with van der Waals surface area (Å²) in [7, 11) is 0. The molecule has 0 fully saturated rings. The van der Waals surface area contributed by atoms with E-state index in [0.29, 0.717) is 11.1 Å². The number of ether oxygens (including phenoxy) is 1. The van der Waals surface area contributed by atoms with Crippen molar-refractivity contribution in [1.82, 2.24) is 4.98 Å². The number of benzene rings is 1. The normalized spacial score (nSPS) is 10.7. The third kappa shape index (κ3) is 3.40. The van der Waals surface area contributed by atoms with Gasteiger partial charge in [-0.3, -0.25) is 0 Å². The molecule has 3 aromatic rings. The Morgan fingerprint density at radius 1 is 1.31 bits per heavy atom. The number of pyridine rings is 1. The summed E-state index contributed by atoms with van der Waals surface area (Å²) < 4.78 is 10.1. The van der Waals surface area contributed by atoms with Crippen LogP contribution >= 0.6 is 11.6 Å². The molecule has 0 atom stereocenters. The van der Waals surface area contributed by atoms with E-state index in [4.69, 9.17) is 20.8 Å². The zero-order valence-electron chi connectivity index (χ0n) is 13.4. The highest BCUT2D eigenvalue weighted by molar-refractivity contribution is 6.17. The van der Waals surface area contributed by atoms with Crippen LogP contribution in [0.2, 0.25) is 0 Å². The third-order valence-electron chi connectivity index (χ3n) is 3.52. The minimum Gasteiger partial charge on any atom is -0.422 e. The van der Waals surface area contributed by atoms with Crippen LogP contribution in [0.4, 0.5) is 5.82 Å². The lowest BCUT2D eigenvalue weighted by Crippen LogP contribution is -2.19. The molecule has 0 bridgehead atoms. The Morgan fingerprint density at radius 3 is 2.77 bits per heavy atom. The lowest BCUT2D eigenvalue weighted by molar-refractivity contribution is -0.390. The maximum absolute atomic E-state index is 12.3. The molecule has 0 spiro atoms. The maximum atomic E-state index is 12.3. The highest BCUT2D eigenvalue weighted by Gasteiger charge is 2.23. The quantitative estimate of drug-likeness (QED) is 0.226. The summed E-state index contributed by atoms with van der Waals surface area (Å²) in [5.74, 6) is -1.81. The van der Waals surface area contributed by atoms with Crippen molar-refractivity contribution in [3.63, 3.8) is 0 Å². The molecular weight excluding hydrogens is 364 g/mol. The summed E-state index contributed by atoms with van der Waals surface area (Å²) in [5.41, 5.74) is 0.132. The van der Waals surface area contributed by atoms with E-state index in [0.717, 1.165) is 5.56 Å². The molecule has 0 aliphatic heterocycles. The molecule has 1 aromatic carbocycles. The van der Waals surface area contributed by atoms with Crippen LogP contribution < -0.4 is 10.4 Å². The Labute approximate surface area is 151 Å². The van der Waals surface area contributed by atoms with Gasteiger partial charge in [-0.25, -0.2) is 9.59 Å². The van der Waals surface area contributed by atoms with Gasteiger partial charge < -0.3 is 19.3 Å². The van der Waals surface area contributed by atoms with E-state index in [1.54, 1.807) is 25.1 Å². The molecule has 0 N–H and O–H groups in total. The summed E-state index contributed by atoms with van der Waals surface area (Å²) >= 11 is 5.77. The first-order chi connectivity index (χ1) is 12.4. The van der Waals surface area contributed by atoms with E-state index in [1.807, 2.05) is 0 Å². The lowest BCUT2D eigenvalue weighted by atomic mass is 10.1.